The van der Waals surface area contributed by atoms with Crippen molar-refractivity contribution in [1.29, 1.82) is 0 Å². The highest BCUT2D eigenvalue weighted by Gasteiger charge is 2.14. The van der Waals surface area contributed by atoms with Gasteiger partial charge in [-0.2, -0.15) is 0 Å². The Hall–Kier alpha value is -1.52. The average Bonchev–Trinajstić information content (AvgIpc) is 2.41. The molecule has 2 aromatic carbocycles. The van der Waals surface area contributed by atoms with Gasteiger partial charge in [-0.1, -0.05) is 29.8 Å². The van der Waals surface area contributed by atoms with E-state index in [1.165, 1.54) is 12.1 Å². The number of aryl methyl sites for hydroxylation is 1. The molecule has 0 atom stereocenters. The Labute approximate surface area is 124 Å². The third-order valence-electron chi connectivity index (χ3n) is 3.09. The van der Waals surface area contributed by atoms with E-state index in [9.17, 15) is 8.42 Å². The first-order chi connectivity index (χ1) is 9.49. The van der Waals surface area contributed by atoms with Crippen molar-refractivity contribution in [2.45, 2.75) is 17.7 Å². The van der Waals surface area contributed by atoms with Gasteiger partial charge in [0.15, 0.2) is 9.84 Å². The largest absolute Gasteiger partial charge is 0.399 e. The fourth-order valence-electron chi connectivity index (χ4n) is 1.97. The highest BCUT2D eigenvalue weighted by molar-refractivity contribution is 7.91. The summed E-state index contributed by atoms with van der Waals surface area (Å²) >= 11 is 5.75. The van der Waals surface area contributed by atoms with Crippen LogP contribution in [0.25, 0.3) is 0 Å². The molecule has 0 saturated heterocycles. The maximum Gasteiger partial charge on any atom is 0.178 e. The van der Waals surface area contributed by atoms with Gasteiger partial charge >= 0.3 is 0 Å². The molecular formula is C15H16ClNO2S. The molecule has 0 aliphatic carbocycles. The second-order valence-electron chi connectivity index (χ2n) is 4.58. The molecule has 2 rings (SSSR count). The summed E-state index contributed by atoms with van der Waals surface area (Å²) in [5, 5.41) is 0.529. The highest BCUT2D eigenvalue weighted by Crippen LogP contribution is 2.18. The van der Waals surface area contributed by atoms with Crippen LogP contribution >= 0.6 is 11.6 Å². The van der Waals surface area contributed by atoms with Crippen molar-refractivity contribution in [3.05, 3.63) is 59.1 Å². The van der Waals surface area contributed by atoms with Crippen molar-refractivity contribution in [2.24, 2.45) is 0 Å². The van der Waals surface area contributed by atoms with Gasteiger partial charge in [-0.05, 0) is 48.7 Å². The van der Waals surface area contributed by atoms with Gasteiger partial charge in [-0.15, -0.1) is 0 Å². The van der Waals surface area contributed by atoms with E-state index < -0.39 is 9.84 Å². The van der Waals surface area contributed by atoms with Crippen LogP contribution in [0, 0.1) is 0 Å². The molecule has 0 bridgehead atoms. The summed E-state index contributed by atoms with van der Waals surface area (Å²) in [5.74, 6) is 0.100. The van der Waals surface area contributed by atoms with Crippen LogP contribution in [0.15, 0.2) is 53.4 Å². The first-order valence-corrected chi connectivity index (χ1v) is 8.34. The number of nitrogen functional groups attached to an aromatic ring is 1. The monoisotopic (exact) mass is 309 g/mol. The van der Waals surface area contributed by atoms with Crippen molar-refractivity contribution < 1.29 is 8.42 Å². The quantitative estimate of drug-likeness (QED) is 0.862. The molecule has 5 heteroatoms. The van der Waals surface area contributed by atoms with Crippen LogP contribution in [0.2, 0.25) is 5.02 Å². The van der Waals surface area contributed by atoms with Gasteiger partial charge in [0, 0.05) is 10.7 Å². The van der Waals surface area contributed by atoms with Crippen molar-refractivity contribution in [2.75, 3.05) is 11.5 Å². The number of hydrogen-bond acceptors (Lipinski definition) is 3. The van der Waals surface area contributed by atoms with Crippen molar-refractivity contribution in [3.8, 4) is 0 Å². The van der Waals surface area contributed by atoms with Gasteiger partial charge in [0.2, 0.25) is 0 Å². The Bertz CT molecular complexity index is 681. The fourth-order valence-corrected chi connectivity index (χ4v) is 3.41. The van der Waals surface area contributed by atoms with Gasteiger partial charge in [-0.25, -0.2) is 8.42 Å². The number of rotatable bonds is 5. The lowest BCUT2D eigenvalue weighted by Crippen LogP contribution is -2.08. The summed E-state index contributed by atoms with van der Waals surface area (Å²) in [6, 6.07) is 13.8. The van der Waals surface area contributed by atoms with Crippen LogP contribution in [0.1, 0.15) is 12.0 Å². The molecule has 2 N–H and O–H groups in total. The summed E-state index contributed by atoms with van der Waals surface area (Å²) in [4.78, 5) is 0.308. The lowest BCUT2D eigenvalue weighted by molar-refractivity contribution is 0.593. The van der Waals surface area contributed by atoms with E-state index in [0.717, 1.165) is 5.56 Å². The molecule has 0 fully saturated rings. The molecule has 3 nitrogen and oxygen atoms in total. The average molecular weight is 310 g/mol. The molecule has 0 radical (unpaired) electrons. The van der Waals surface area contributed by atoms with E-state index in [4.69, 9.17) is 17.3 Å². The topological polar surface area (TPSA) is 60.2 Å². The zero-order chi connectivity index (χ0) is 14.6. The lowest BCUT2D eigenvalue weighted by Gasteiger charge is -2.06. The Kier molecular flexibility index (Phi) is 4.68. The lowest BCUT2D eigenvalue weighted by atomic mass is 10.1. The second kappa shape index (κ2) is 6.29. The Balaban J connectivity index is 2.00. The number of nitrogens with two attached hydrogens (primary N) is 1. The van der Waals surface area contributed by atoms with Gasteiger partial charge in [0.25, 0.3) is 0 Å². The van der Waals surface area contributed by atoms with Crippen molar-refractivity contribution in [1.82, 2.24) is 0 Å². The van der Waals surface area contributed by atoms with Crippen molar-refractivity contribution in [3.63, 3.8) is 0 Å². The number of para-hydroxylation sites is 1. The molecule has 0 aliphatic heterocycles. The number of hydrogen-bond donors (Lipinski definition) is 1. The summed E-state index contributed by atoms with van der Waals surface area (Å²) in [6.45, 7) is 0. The minimum Gasteiger partial charge on any atom is -0.399 e. The first kappa shape index (κ1) is 14.9. The number of benzene rings is 2. The van der Waals surface area contributed by atoms with Crippen LogP contribution in [0.4, 0.5) is 5.69 Å². The summed E-state index contributed by atoms with van der Waals surface area (Å²) in [6.07, 6.45) is 1.19. The number of halogens is 1. The third kappa shape index (κ3) is 3.74. The Morgan fingerprint density at radius 2 is 1.65 bits per heavy atom. The van der Waals surface area contributed by atoms with E-state index in [1.54, 1.807) is 12.1 Å². The van der Waals surface area contributed by atoms with Crippen molar-refractivity contribution >= 4 is 27.1 Å². The first-order valence-electron chi connectivity index (χ1n) is 6.31. The van der Waals surface area contributed by atoms with Crippen LogP contribution in [-0.4, -0.2) is 14.2 Å². The van der Waals surface area contributed by atoms with Crippen LogP contribution < -0.4 is 5.73 Å². The number of sulfone groups is 1. The van der Waals surface area contributed by atoms with Gasteiger partial charge in [-0.3, -0.25) is 0 Å². The molecule has 0 amide bonds. The summed E-state index contributed by atoms with van der Waals surface area (Å²) in [5.41, 5.74) is 7.52. The Morgan fingerprint density at radius 3 is 2.30 bits per heavy atom. The normalized spacial score (nSPS) is 11.4. The van der Waals surface area contributed by atoms with E-state index in [1.807, 2.05) is 24.3 Å². The molecule has 0 heterocycles. The fraction of sp³-hybridized carbons (Fsp3) is 0.200. The third-order valence-corrected chi connectivity index (χ3v) is 5.16. The molecule has 0 aliphatic rings. The van der Waals surface area contributed by atoms with Gasteiger partial charge < -0.3 is 5.73 Å². The summed E-state index contributed by atoms with van der Waals surface area (Å²) in [7, 11) is -3.26. The number of anilines is 1. The zero-order valence-corrected chi connectivity index (χ0v) is 12.5. The highest BCUT2D eigenvalue weighted by atomic mass is 35.5. The zero-order valence-electron chi connectivity index (χ0n) is 10.9. The van der Waals surface area contributed by atoms with E-state index in [0.29, 0.717) is 28.4 Å². The SMILES string of the molecule is Nc1ccccc1CCCS(=O)(=O)c1ccc(Cl)cc1. The van der Waals surface area contributed by atoms with E-state index >= 15 is 0 Å². The molecule has 0 spiro atoms. The standard InChI is InChI=1S/C15H16ClNO2S/c16-13-7-9-14(10-8-13)20(18,19)11-3-5-12-4-1-2-6-15(12)17/h1-2,4,6-10H,3,5,11,17H2. The molecule has 0 unspecified atom stereocenters. The van der Waals surface area contributed by atoms with E-state index in [2.05, 4.69) is 0 Å². The summed E-state index contributed by atoms with van der Waals surface area (Å²) < 4.78 is 24.3. The van der Waals surface area contributed by atoms with Gasteiger partial charge in [0.1, 0.15) is 0 Å². The van der Waals surface area contributed by atoms with Crippen LogP contribution in [0.3, 0.4) is 0 Å². The second-order valence-corrected chi connectivity index (χ2v) is 7.12. The molecule has 0 saturated carbocycles. The maximum absolute atomic E-state index is 12.1. The molecule has 2 aromatic rings. The van der Waals surface area contributed by atoms with Gasteiger partial charge in [0.05, 0.1) is 10.6 Å². The molecular weight excluding hydrogens is 294 g/mol. The van der Waals surface area contributed by atoms with Crippen LogP contribution in [0.5, 0.6) is 0 Å². The minimum atomic E-state index is -3.26. The minimum absolute atomic E-state index is 0.100. The Morgan fingerprint density at radius 1 is 1.00 bits per heavy atom. The molecule has 106 valence electrons. The molecule has 20 heavy (non-hydrogen) atoms. The maximum atomic E-state index is 12.1. The van der Waals surface area contributed by atoms with E-state index in [-0.39, 0.29) is 5.75 Å². The van der Waals surface area contributed by atoms with Crippen LogP contribution in [-0.2, 0) is 16.3 Å². The smallest absolute Gasteiger partial charge is 0.178 e. The molecule has 0 aromatic heterocycles. The predicted octanol–water partition coefficient (Wildman–Crippen LogP) is 3.33. The predicted molar refractivity (Wildman–Crippen MR) is 82.7 cm³/mol.